The minimum Gasteiger partial charge on any atom is -0.481 e. The summed E-state index contributed by atoms with van der Waals surface area (Å²) in [6.07, 6.45) is 0.629. The molecular weight excluding hydrogens is 246 g/mol. The molecule has 2 N–H and O–H groups in total. The number of carboxylic acids is 1. The Kier molecular flexibility index (Phi) is 5.54. The molecule has 0 amide bonds. The fourth-order valence-electron chi connectivity index (χ4n) is 1.80. The Hall–Kier alpha value is -1.85. The standard InChI is InChI=1S/C13H21N3O3/c1-8(2)5-10(13(17)18)7-14-11-6-12(19-4)16-9(3)15-11/h6,8,10H,5,7H2,1-4H3,(H,17,18)(H,14,15,16). The fraction of sp³-hybridized carbons (Fsp3) is 0.615. The number of nitrogens with zero attached hydrogens (tertiary/aromatic N) is 2. The van der Waals surface area contributed by atoms with Crippen LogP contribution in [-0.4, -0.2) is 34.7 Å². The lowest BCUT2D eigenvalue weighted by Crippen LogP contribution is -2.24. The number of rotatable bonds is 7. The molecule has 6 nitrogen and oxygen atoms in total. The maximum atomic E-state index is 11.1. The molecule has 0 radical (unpaired) electrons. The molecule has 0 aliphatic rings. The van der Waals surface area contributed by atoms with Crippen molar-refractivity contribution in [1.29, 1.82) is 0 Å². The highest BCUT2D eigenvalue weighted by molar-refractivity contribution is 5.70. The predicted octanol–water partition coefficient (Wildman–Crippen LogP) is 1.95. The van der Waals surface area contributed by atoms with Crippen LogP contribution in [0, 0.1) is 18.8 Å². The fourth-order valence-corrected chi connectivity index (χ4v) is 1.80. The highest BCUT2D eigenvalue weighted by Gasteiger charge is 2.18. The molecule has 6 heteroatoms. The van der Waals surface area contributed by atoms with Crippen molar-refractivity contribution in [1.82, 2.24) is 9.97 Å². The summed E-state index contributed by atoms with van der Waals surface area (Å²) in [7, 11) is 1.53. The zero-order chi connectivity index (χ0) is 14.4. The van der Waals surface area contributed by atoms with Crippen molar-refractivity contribution in [2.24, 2.45) is 11.8 Å². The third-order valence-electron chi connectivity index (χ3n) is 2.66. The molecule has 1 rings (SSSR count). The Bertz CT molecular complexity index is 435. The molecule has 0 saturated carbocycles. The maximum absolute atomic E-state index is 11.1. The van der Waals surface area contributed by atoms with Crippen molar-refractivity contribution in [2.45, 2.75) is 27.2 Å². The number of anilines is 1. The molecule has 1 aromatic rings. The van der Waals surface area contributed by atoms with Crippen LogP contribution >= 0.6 is 0 Å². The predicted molar refractivity (Wildman–Crippen MR) is 72.4 cm³/mol. The van der Waals surface area contributed by atoms with E-state index < -0.39 is 11.9 Å². The number of carboxylic acid groups (broad SMARTS) is 1. The normalized spacial score (nSPS) is 12.3. The summed E-state index contributed by atoms with van der Waals surface area (Å²) in [4.78, 5) is 19.4. The van der Waals surface area contributed by atoms with Crippen molar-refractivity contribution in [3.8, 4) is 5.88 Å². The second-order valence-corrected chi connectivity index (χ2v) is 4.89. The smallest absolute Gasteiger partial charge is 0.308 e. The summed E-state index contributed by atoms with van der Waals surface area (Å²) < 4.78 is 5.05. The molecule has 1 aromatic heterocycles. The van der Waals surface area contributed by atoms with Gasteiger partial charge in [-0.05, 0) is 19.3 Å². The zero-order valence-corrected chi connectivity index (χ0v) is 11.8. The number of aliphatic carboxylic acids is 1. The molecule has 1 atom stereocenters. The van der Waals surface area contributed by atoms with Gasteiger partial charge in [0, 0.05) is 12.6 Å². The molecule has 0 aromatic carbocycles. The number of ether oxygens (including phenoxy) is 1. The van der Waals surface area contributed by atoms with E-state index in [2.05, 4.69) is 15.3 Å². The van der Waals surface area contributed by atoms with Gasteiger partial charge in [-0.25, -0.2) is 4.98 Å². The minimum atomic E-state index is -0.793. The summed E-state index contributed by atoms with van der Waals surface area (Å²) >= 11 is 0. The van der Waals surface area contributed by atoms with Gasteiger partial charge >= 0.3 is 5.97 Å². The molecule has 0 aliphatic carbocycles. The van der Waals surface area contributed by atoms with E-state index in [1.54, 1.807) is 13.0 Å². The van der Waals surface area contributed by atoms with Crippen LogP contribution in [0.3, 0.4) is 0 Å². The van der Waals surface area contributed by atoms with Gasteiger partial charge in [-0.15, -0.1) is 0 Å². The lowest BCUT2D eigenvalue weighted by molar-refractivity contribution is -0.141. The highest BCUT2D eigenvalue weighted by Crippen LogP contribution is 2.16. The third kappa shape index (κ3) is 5.11. The third-order valence-corrected chi connectivity index (χ3v) is 2.66. The SMILES string of the molecule is COc1cc(NCC(CC(C)C)C(=O)O)nc(C)n1. The van der Waals surface area contributed by atoms with Gasteiger partial charge in [-0.1, -0.05) is 13.8 Å². The second kappa shape index (κ2) is 6.92. The Labute approximate surface area is 113 Å². The molecule has 0 spiro atoms. The quantitative estimate of drug-likeness (QED) is 0.785. The van der Waals surface area contributed by atoms with E-state index in [1.807, 2.05) is 13.8 Å². The second-order valence-electron chi connectivity index (χ2n) is 4.89. The molecule has 106 valence electrons. The van der Waals surface area contributed by atoms with Crippen LogP contribution in [0.2, 0.25) is 0 Å². The van der Waals surface area contributed by atoms with E-state index in [0.29, 0.717) is 36.4 Å². The van der Waals surface area contributed by atoms with Crippen LogP contribution in [0.4, 0.5) is 5.82 Å². The molecule has 0 bridgehead atoms. The first-order chi connectivity index (χ1) is 8.92. The van der Waals surface area contributed by atoms with Gasteiger partial charge in [0.1, 0.15) is 11.6 Å². The van der Waals surface area contributed by atoms with Crippen molar-refractivity contribution in [3.05, 3.63) is 11.9 Å². The molecule has 1 unspecified atom stereocenters. The summed E-state index contributed by atoms with van der Waals surface area (Å²) in [5, 5.41) is 12.2. The maximum Gasteiger partial charge on any atom is 0.308 e. The number of carbonyl (C=O) groups is 1. The first kappa shape index (κ1) is 15.2. The molecule has 0 saturated heterocycles. The van der Waals surface area contributed by atoms with Crippen molar-refractivity contribution in [2.75, 3.05) is 19.0 Å². The van der Waals surface area contributed by atoms with Gasteiger partial charge in [-0.3, -0.25) is 4.79 Å². The number of aromatic nitrogens is 2. The molecular formula is C13H21N3O3. The van der Waals surface area contributed by atoms with Gasteiger partial charge in [0.15, 0.2) is 0 Å². The average molecular weight is 267 g/mol. The van der Waals surface area contributed by atoms with E-state index in [4.69, 9.17) is 9.84 Å². The summed E-state index contributed by atoms with van der Waals surface area (Å²) in [5.74, 6) is 0.743. The first-order valence-corrected chi connectivity index (χ1v) is 6.28. The van der Waals surface area contributed by atoms with E-state index >= 15 is 0 Å². The minimum absolute atomic E-state index is 0.338. The van der Waals surface area contributed by atoms with Crippen LogP contribution in [-0.2, 0) is 4.79 Å². The Morgan fingerprint density at radius 3 is 2.68 bits per heavy atom. The number of methoxy groups -OCH3 is 1. The monoisotopic (exact) mass is 267 g/mol. The number of hydrogen-bond acceptors (Lipinski definition) is 5. The van der Waals surface area contributed by atoms with Gasteiger partial charge in [0.25, 0.3) is 0 Å². The summed E-state index contributed by atoms with van der Waals surface area (Å²) in [5.41, 5.74) is 0. The Balaban J connectivity index is 2.68. The lowest BCUT2D eigenvalue weighted by atomic mass is 9.97. The molecule has 1 heterocycles. The van der Waals surface area contributed by atoms with E-state index in [1.165, 1.54) is 7.11 Å². The van der Waals surface area contributed by atoms with Gasteiger partial charge in [0.2, 0.25) is 5.88 Å². The summed E-state index contributed by atoms with van der Waals surface area (Å²) in [6, 6.07) is 1.65. The average Bonchev–Trinajstić information content (AvgIpc) is 2.33. The Morgan fingerprint density at radius 1 is 1.47 bits per heavy atom. The topological polar surface area (TPSA) is 84.3 Å². The highest BCUT2D eigenvalue weighted by atomic mass is 16.5. The van der Waals surface area contributed by atoms with Gasteiger partial charge in [-0.2, -0.15) is 4.98 Å². The van der Waals surface area contributed by atoms with E-state index in [0.717, 1.165) is 0 Å². The molecule has 19 heavy (non-hydrogen) atoms. The van der Waals surface area contributed by atoms with Crippen molar-refractivity contribution >= 4 is 11.8 Å². The zero-order valence-electron chi connectivity index (χ0n) is 11.8. The van der Waals surface area contributed by atoms with Crippen LogP contribution < -0.4 is 10.1 Å². The van der Waals surface area contributed by atoms with Crippen LogP contribution in [0.25, 0.3) is 0 Å². The lowest BCUT2D eigenvalue weighted by Gasteiger charge is -2.16. The Morgan fingerprint density at radius 2 is 2.16 bits per heavy atom. The number of nitrogens with one attached hydrogen (secondary N) is 1. The molecule has 0 aliphatic heterocycles. The molecule has 0 fully saturated rings. The van der Waals surface area contributed by atoms with Crippen molar-refractivity contribution in [3.63, 3.8) is 0 Å². The number of hydrogen-bond donors (Lipinski definition) is 2. The van der Waals surface area contributed by atoms with Gasteiger partial charge in [0.05, 0.1) is 13.0 Å². The van der Waals surface area contributed by atoms with Crippen LogP contribution in [0.15, 0.2) is 6.07 Å². The van der Waals surface area contributed by atoms with Crippen molar-refractivity contribution < 1.29 is 14.6 Å². The van der Waals surface area contributed by atoms with E-state index in [9.17, 15) is 4.79 Å². The van der Waals surface area contributed by atoms with Crippen LogP contribution in [0.5, 0.6) is 5.88 Å². The summed E-state index contributed by atoms with van der Waals surface area (Å²) in [6.45, 7) is 6.12. The van der Waals surface area contributed by atoms with E-state index in [-0.39, 0.29) is 0 Å². The number of aryl methyl sites for hydroxylation is 1. The van der Waals surface area contributed by atoms with Gasteiger partial charge < -0.3 is 15.2 Å². The first-order valence-electron chi connectivity index (χ1n) is 6.28. The van der Waals surface area contributed by atoms with Crippen LogP contribution in [0.1, 0.15) is 26.1 Å². The largest absolute Gasteiger partial charge is 0.481 e.